The molecule has 0 radical (unpaired) electrons. The van der Waals surface area contributed by atoms with Crippen molar-refractivity contribution in [3.63, 3.8) is 0 Å². The zero-order valence-corrected chi connectivity index (χ0v) is 11.1. The topological polar surface area (TPSA) is 29.1 Å². The molecule has 2 rings (SSSR count). The third kappa shape index (κ3) is 3.05. The van der Waals surface area contributed by atoms with E-state index in [1.165, 1.54) is 4.90 Å². The standard InChI is InChI=1S/C13H14ClNOS/c1-2-3-13(16)15-11-6-7-17-12-5-4-9(14)8-10(11)12/h2-5,8,11H,6-7H2,1H3,(H,15,16). The molecular weight excluding hydrogens is 254 g/mol. The van der Waals surface area contributed by atoms with Crippen LogP contribution in [0.4, 0.5) is 0 Å². The Balaban J connectivity index is 2.22. The SMILES string of the molecule is CC=CC(=O)NC1CCSc2ccc(Cl)cc21. The van der Waals surface area contributed by atoms with Crippen LogP contribution < -0.4 is 5.32 Å². The maximum atomic E-state index is 11.6. The van der Waals surface area contributed by atoms with Gasteiger partial charge in [-0.25, -0.2) is 0 Å². The van der Waals surface area contributed by atoms with Gasteiger partial charge in [-0.15, -0.1) is 11.8 Å². The van der Waals surface area contributed by atoms with Gasteiger partial charge >= 0.3 is 0 Å². The number of allylic oxidation sites excluding steroid dienone is 1. The maximum Gasteiger partial charge on any atom is 0.244 e. The second-order valence-electron chi connectivity index (χ2n) is 3.88. The number of hydrogen-bond donors (Lipinski definition) is 1. The Morgan fingerprint density at radius 1 is 1.59 bits per heavy atom. The summed E-state index contributed by atoms with van der Waals surface area (Å²) in [6.07, 6.45) is 4.24. The Morgan fingerprint density at radius 3 is 3.18 bits per heavy atom. The summed E-state index contributed by atoms with van der Waals surface area (Å²) >= 11 is 7.82. The van der Waals surface area contributed by atoms with Crippen molar-refractivity contribution in [2.75, 3.05) is 5.75 Å². The fourth-order valence-electron chi connectivity index (χ4n) is 1.89. The Hall–Kier alpha value is -0.930. The van der Waals surface area contributed by atoms with Crippen molar-refractivity contribution >= 4 is 29.3 Å². The van der Waals surface area contributed by atoms with E-state index in [1.54, 1.807) is 12.2 Å². The number of thioether (sulfide) groups is 1. The van der Waals surface area contributed by atoms with Gasteiger partial charge in [0.1, 0.15) is 0 Å². The Kier molecular flexibility index (Phi) is 4.13. The summed E-state index contributed by atoms with van der Waals surface area (Å²) in [5.74, 6) is 0.977. The van der Waals surface area contributed by atoms with E-state index in [4.69, 9.17) is 11.6 Å². The average molecular weight is 268 g/mol. The number of amides is 1. The van der Waals surface area contributed by atoms with Crippen molar-refractivity contribution in [1.29, 1.82) is 0 Å². The van der Waals surface area contributed by atoms with E-state index in [0.717, 1.165) is 22.8 Å². The van der Waals surface area contributed by atoms with Crippen LogP contribution in [0.25, 0.3) is 0 Å². The molecule has 0 bridgehead atoms. The lowest BCUT2D eigenvalue weighted by Crippen LogP contribution is -2.29. The predicted molar refractivity (Wildman–Crippen MR) is 72.5 cm³/mol. The first kappa shape index (κ1) is 12.5. The Bertz CT molecular complexity index is 459. The van der Waals surface area contributed by atoms with Gasteiger partial charge in [-0.3, -0.25) is 4.79 Å². The van der Waals surface area contributed by atoms with Crippen LogP contribution in [-0.2, 0) is 4.79 Å². The molecule has 17 heavy (non-hydrogen) atoms. The molecule has 4 heteroatoms. The van der Waals surface area contributed by atoms with E-state index in [9.17, 15) is 4.79 Å². The summed E-state index contributed by atoms with van der Waals surface area (Å²) in [4.78, 5) is 12.8. The highest BCUT2D eigenvalue weighted by Crippen LogP contribution is 2.37. The second-order valence-corrected chi connectivity index (χ2v) is 5.45. The number of carbonyl (C=O) groups excluding carboxylic acids is 1. The second kappa shape index (κ2) is 5.61. The number of rotatable bonds is 2. The molecule has 1 aromatic rings. The smallest absolute Gasteiger partial charge is 0.244 e. The van der Waals surface area contributed by atoms with Crippen LogP contribution >= 0.6 is 23.4 Å². The summed E-state index contributed by atoms with van der Waals surface area (Å²) in [6, 6.07) is 5.94. The van der Waals surface area contributed by atoms with Gasteiger partial charge in [0, 0.05) is 15.7 Å². The van der Waals surface area contributed by atoms with Crippen molar-refractivity contribution in [2.45, 2.75) is 24.3 Å². The molecule has 1 aliphatic heterocycles. The average Bonchev–Trinajstić information content (AvgIpc) is 2.30. The molecule has 1 aromatic carbocycles. The Labute approximate surface area is 110 Å². The molecule has 0 aromatic heterocycles. The number of fused-ring (bicyclic) bond motifs is 1. The predicted octanol–water partition coefficient (Wildman–Crippen LogP) is 3.57. The summed E-state index contributed by atoms with van der Waals surface area (Å²) in [7, 11) is 0. The first-order valence-electron chi connectivity index (χ1n) is 5.56. The van der Waals surface area contributed by atoms with Gasteiger partial charge in [-0.05, 0) is 43.2 Å². The number of hydrogen-bond acceptors (Lipinski definition) is 2. The summed E-state index contributed by atoms with van der Waals surface area (Å²) in [5.41, 5.74) is 1.13. The van der Waals surface area contributed by atoms with Crippen LogP contribution in [0.1, 0.15) is 24.9 Å². The fourth-order valence-corrected chi connectivity index (χ4v) is 3.17. The molecular formula is C13H14ClNOS. The number of carbonyl (C=O) groups is 1. The first-order valence-corrected chi connectivity index (χ1v) is 6.92. The van der Waals surface area contributed by atoms with Crippen molar-refractivity contribution in [3.8, 4) is 0 Å². The highest BCUT2D eigenvalue weighted by molar-refractivity contribution is 7.99. The zero-order chi connectivity index (χ0) is 12.3. The summed E-state index contributed by atoms with van der Waals surface area (Å²) in [5, 5.41) is 3.72. The Morgan fingerprint density at radius 2 is 2.41 bits per heavy atom. The lowest BCUT2D eigenvalue weighted by atomic mass is 10.0. The van der Waals surface area contributed by atoms with Crippen LogP contribution in [0.3, 0.4) is 0 Å². The van der Waals surface area contributed by atoms with Gasteiger partial charge in [0.05, 0.1) is 6.04 Å². The summed E-state index contributed by atoms with van der Waals surface area (Å²) in [6.45, 7) is 1.83. The molecule has 90 valence electrons. The minimum absolute atomic E-state index is 0.0460. The quantitative estimate of drug-likeness (QED) is 0.830. The number of halogens is 1. The largest absolute Gasteiger partial charge is 0.346 e. The van der Waals surface area contributed by atoms with E-state index < -0.39 is 0 Å². The molecule has 1 amide bonds. The highest BCUT2D eigenvalue weighted by atomic mass is 35.5. The van der Waals surface area contributed by atoms with E-state index in [0.29, 0.717) is 0 Å². The van der Waals surface area contributed by atoms with E-state index in [1.807, 2.05) is 36.9 Å². The monoisotopic (exact) mass is 267 g/mol. The van der Waals surface area contributed by atoms with Crippen LogP contribution in [0.5, 0.6) is 0 Å². The van der Waals surface area contributed by atoms with E-state index in [2.05, 4.69) is 5.32 Å². The molecule has 2 nitrogen and oxygen atoms in total. The van der Waals surface area contributed by atoms with Crippen LogP contribution in [-0.4, -0.2) is 11.7 Å². The lowest BCUT2D eigenvalue weighted by molar-refractivity contribution is -0.117. The number of benzene rings is 1. The molecule has 0 saturated heterocycles. The summed E-state index contributed by atoms with van der Waals surface area (Å²) < 4.78 is 0. The minimum Gasteiger partial charge on any atom is -0.346 e. The molecule has 1 aliphatic rings. The zero-order valence-electron chi connectivity index (χ0n) is 9.57. The normalized spacial score (nSPS) is 19.1. The van der Waals surface area contributed by atoms with Gasteiger partial charge in [0.2, 0.25) is 5.91 Å². The molecule has 0 fully saturated rings. The van der Waals surface area contributed by atoms with Gasteiger partial charge < -0.3 is 5.32 Å². The third-order valence-corrected chi connectivity index (χ3v) is 4.00. The maximum absolute atomic E-state index is 11.6. The molecule has 0 aliphatic carbocycles. The van der Waals surface area contributed by atoms with Crippen LogP contribution in [0.2, 0.25) is 5.02 Å². The van der Waals surface area contributed by atoms with Gasteiger partial charge in [0.15, 0.2) is 0 Å². The van der Waals surface area contributed by atoms with Gasteiger partial charge in [0.25, 0.3) is 0 Å². The van der Waals surface area contributed by atoms with Crippen LogP contribution in [0.15, 0.2) is 35.2 Å². The van der Waals surface area contributed by atoms with Crippen molar-refractivity contribution in [1.82, 2.24) is 5.32 Å². The molecule has 1 unspecified atom stereocenters. The highest BCUT2D eigenvalue weighted by Gasteiger charge is 2.21. The molecule has 0 saturated carbocycles. The first-order chi connectivity index (χ1) is 8.20. The number of nitrogens with one attached hydrogen (secondary N) is 1. The van der Waals surface area contributed by atoms with Crippen molar-refractivity contribution < 1.29 is 4.79 Å². The lowest BCUT2D eigenvalue weighted by Gasteiger charge is -2.25. The van der Waals surface area contributed by atoms with E-state index >= 15 is 0 Å². The molecule has 1 heterocycles. The van der Waals surface area contributed by atoms with Crippen molar-refractivity contribution in [3.05, 3.63) is 40.9 Å². The molecule has 0 spiro atoms. The van der Waals surface area contributed by atoms with Gasteiger partial charge in [-0.1, -0.05) is 17.7 Å². The van der Waals surface area contributed by atoms with Crippen molar-refractivity contribution in [2.24, 2.45) is 0 Å². The molecule has 1 N–H and O–H groups in total. The van der Waals surface area contributed by atoms with Gasteiger partial charge in [-0.2, -0.15) is 0 Å². The third-order valence-electron chi connectivity index (χ3n) is 2.65. The van der Waals surface area contributed by atoms with Crippen LogP contribution in [0, 0.1) is 0 Å². The fraction of sp³-hybridized carbons (Fsp3) is 0.308. The molecule has 1 atom stereocenters. The van der Waals surface area contributed by atoms with E-state index in [-0.39, 0.29) is 11.9 Å². The minimum atomic E-state index is -0.0460.